The van der Waals surface area contributed by atoms with E-state index in [-0.39, 0.29) is 21.5 Å². The minimum Gasteiger partial charge on any atom is -0.481 e. The first-order valence-electron chi connectivity index (χ1n) is 5.21. The molecule has 1 rings (SSSR count). The summed E-state index contributed by atoms with van der Waals surface area (Å²) in [6.45, 7) is 3.46. The Morgan fingerprint density at radius 3 is 2.06 bits per heavy atom. The second kappa shape index (κ2) is 5.71. The van der Waals surface area contributed by atoms with Crippen LogP contribution in [0.2, 0.25) is 10.0 Å². The zero-order valence-corrected chi connectivity index (χ0v) is 11.0. The van der Waals surface area contributed by atoms with E-state index in [0.29, 0.717) is 0 Å². The molecular weight excluding hydrogens is 263 g/mol. The summed E-state index contributed by atoms with van der Waals surface area (Å²) in [4.78, 5) is 11.1. The summed E-state index contributed by atoms with van der Waals surface area (Å²) in [6, 6.07) is 4.79. The summed E-state index contributed by atoms with van der Waals surface area (Å²) in [7, 11) is 0. The van der Waals surface area contributed by atoms with Gasteiger partial charge in [0.15, 0.2) is 0 Å². The summed E-state index contributed by atoms with van der Waals surface area (Å²) >= 11 is 11.9. The highest BCUT2D eigenvalue weighted by molar-refractivity contribution is 6.36. The number of hydrogen-bond acceptors (Lipinski definition) is 2. The molecule has 0 aliphatic rings. The van der Waals surface area contributed by atoms with Gasteiger partial charge >= 0.3 is 5.97 Å². The van der Waals surface area contributed by atoms with Crippen molar-refractivity contribution in [3.05, 3.63) is 33.8 Å². The summed E-state index contributed by atoms with van der Waals surface area (Å²) in [5, 5.41) is 19.8. The molecule has 5 heteroatoms. The molecule has 0 aliphatic heterocycles. The van der Waals surface area contributed by atoms with Crippen LogP contribution in [0.3, 0.4) is 0 Å². The lowest BCUT2D eigenvalue weighted by atomic mass is 9.86. The largest absolute Gasteiger partial charge is 0.481 e. The average Bonchev–Trinajstić information content (AvgIpc) is 2.15. The van der Waals surface area contributed by atoms with Gasteiger partial charge in [-0.2, -0.15) is 0 Å². The molecule has 0 bridgehead atoms. The standard InChI is InChI=1S/C12H14Cl2O3/c1-6(2)9(12(16)17)11(15)10-7(13)4-3-5-8(10)14/h3-6,9,11,15H,1-2H3,(H,16,17). The highest BCUT2D eigenvalue weighted by atomic mass is 35.5. The minimum absolute atomic E-state index is 0.227. The van der Waals surface area contributed by atoms with Gasteiger partial charge in [0.2, 0.25) is 0 Å². The van der Waals surface area contributed by atoms with Crippen LogP contribution in [0, 0.1) is 11.8 Å². The van der Waals surface area contributed by atoms with Gasteiger partial charge in [-0.25, -0.2) is 0 Å². The number of aliphatic hydroxyl groups is 1. The van der Waals surface area contributed by atoms with Crippen molar-refractivity contribution in [2.24, 2.45) is 11.8 Å². The van der Waals surface area contributed by atoms with Crippen LogP contribution in [0.1, 0.15) is 25.5 Å². The van der Waals surface area contributed by atoms with Crippen LogP contribution >= 0.6 is 23.2 Å². The molecule has 1 aromatic carbocycles. The summed E-state index contributed by atoms with van der Waals surface area (Å²) < 4.78 is 0. The maximum Gasteiger partial charge on any atom is 0.309 e. The van der Waals surface area contributed by atoms with E-state index in [9.17, 15) is 9.90 Å². The molecule has 2 atom stereocenters. The Kier molecular flexibility index (Phi) is 4.80. The number of carbonyl (C=O) groups is 1. The lowest BCUT2D eigenvalue weighted by molar-refractivity contribution is -0.148. The van der Waals surface area contributed by atoms with Crippen LogP contribution in [0.15, 0.2) is 18.2 Å². The second-order valence-corrected chi connectivity index (χ2v) is 5.00. The van der Waals surface area contributed by atoms with Gasteiger partial charge in [0.1, 0.15) is 0 Å². The Bertz CT molecular complexity index is 398. The molecule has 94 valence electrons. The molecule has 0 fully saturated rings. The first kappa shape index (κ1) is 14.3. The van der Waals surface area contributed by atoms with E-state index >= 15 is 0 Å². The van der Waals surface area contributed by atoms with Crippen molar-refractivity contribution in [1.29, 1.82) is 0 Å². The van der Waals surface area contributed by atoms with Crippen LogP contribution in [0.25, 0.3) is 0 Å². The smallest absolute Gasteiger partial charge is 0.309 e. The van der Waals surface area contributed by atoms with Gasteiger partial charge in [0, 0.05) is 15.6 Å². The topological polar surface area (TPSA) is 57.5 Å². The number of carboxylic acid groups (broad SMARTS) is 1. The molecule has 0 saturated heterocycles. The van der Waals surface area contributed by atoms with Crippen molar-refractivity contribution >= 4 is 29.2 Å². The fourth-order valence-electron chi connectivity index (χ4n) is 1.76. The van der Waals surface area contributed by atoms with E-state index in [1.807, 2.05) is 0 Å². The quantitative estimate of drug-likeness (QED) is 0.886. The zero-order valence-electron chi connectivity index (χ0n) is 9.52. The lowest BCUT2D eigenvalue weighted by Crippen LogP contribution is -2.27. The first-order chi connectivity index (χ1) is 7.86. The van der Waals surface area contributed by atoms with Gasteiger partial charge in [-0.3, -0.25) is 4.79 Å². The maximum absolute atomic E-state index is 11.1. The molecule has 0 spiro atoms. The number of hydrogen-bond donors (Lipinski definition) is 2. The van der Waals surface area contributed by atoms with E-state index in [0.717, 1.165) is 0 Å². The molecule has 2 N–H and O–H groups in total. The van der Waals surface area contributed by atoms with E-state index < -0.39 is 18.0 Å². The van der Waals surface area contributed by atoms with Gasteiger partial charge in [-0.1, -0.05) is 43.1 Å². The van der Waals surface area contributed by atoms with Crippen molar-refractivity contribution < 1.29 is 15.0 Å². The Balaban J connectivity index is 3.18. The van der Waals surface area contributed by atoms with Crippen LogP contribution in [-0.2, 0) is 4.79 Å². The molecule has 3 nitrogen and oxygen atoms in total. The van der Waals surface area contributed by atoms with E-state index in [2.05, 4.69) is 0 Å². The fraction of sp³-hybridized carbons (Fsp3) is 0.417. The van der Waals surface area contributed by atoms with Gasteiger partial charge in [-0.15, -0.1) is 0 Å². The van der Waals surface area contributed by atoms with Gasteiger partial charge in [0.05, 0.1) is 12.0 Å². The molecule has 2 unspecified atom stereocenters. The van der Waals surface area contributed by atoms with Crippen molar-refractivity contribution in [2.45, 2.75) is 20.0 Å². The number of rotatable bonds is 4. The van der Waals surface area contributed by atoms with E-state index in [1.54, 1.807) is 32.0 Å². The SMILES string of the molecule is CC(C)C(C(=O)O)C(O)c1c(Cl)cccc1Cl. The third-order valence-electron chi connectivity index (χ3n) is 2.64. The molecule has 0 radical (unpaired) electrons. The molecule has 0 amide bonds. The van der Waals surface area contributed by atoms with E-state index in [4.69, 9.17) is 28.3 Å². The summed E-state index contributed by atoms with van der Waals surface area (Å²) in [5.74, 6) is -2.23. The summed E-state index contributed by atoms with van der Waals surface area (Å²) in [6.07, 6.45) is -1.21. The van der Waals surface area contributed by atoms with Gasteiger partial charge in [0.25, 0.3) is 0 Å². The van der Waals surface area contributed by atoms with Gasteiger partial charge in [-0.05, 0) is 18.1 Å². The monoisotopic (exact) mass is 276 g/mol. The Labute approximate surface area is 110 Å². The molecule has 0 saturated carbocycles. The van der Waals surface area contributed by atoms with Gasteiger partial charge < -0.3 is 10.2 Å². The van der Waals surface area contributed by atoms with Crippen molar-refractivity contribution in [3.8, 4) is 0 Å². The van der Waals surface area contributed by atoms with Crippen LogP contribution in [0.5, 0.6) is 0 Å². The number of benzene rings is 1. The number of aliphatic hydroxyl groups excluding tert-OH is 1. The van der Waals surface area contributed by atoms with Crippen LogP contribution < -0.4 is 0 Å². The number of halogens is 2. The van der Waals surface area contributed by atoms with Crippen molar-refractivity contribution in [2.75, 3.05) is 0 Å². The molecule has 0 aliphatic carbocycles. The number of carboxylic acids is 1. The maximum atomic E-state index is 11.1. The van der Waals surface area contributed by atoms with Crippen molar-refractivity contribution in [1.82, 2.24) is 0 Å². The summed E-state index contributed by atoms with van der Waals surface area (Å²) in [5.41, 5.74) is 0.275. The van der Waals surface area contributed by atoms with E-state index in [1.165, 1.54) is 0 Å². The third-order valence-corrected chi connectivity index (χ3v) is 3.30. The Morgan fingerprint density at radius 2 is 1.71 bits per heavy atom. The number of aliphatic carboxylic acids is 1. The molecule has 0 aromatic heterocycles. The highest BCUT2D eigenvalue weighted by Gasteiger charge is 2.33. The Morgan fingerprint density at radius 1 is 1.24 bits per heavy atom. The molecular formula is C12H14Cl2O3. The van der Waals surface area contributed by atoms with Crippen molar-refractivity contribution in [3.63, 3.8) is 0 Å². The molecule has 1 aromatic rings. The predicted octanol–water partition coefficient (Wildman–Crippen LogP) is 3.38. The normalized spacial score (nSPS) is 14.7. The fourth-order valence-corrected chi connectivity index (χ4v) is 2.38. The lowest BCUT2D eigenvalue weighted by Gasteiger charge is -2.24. The van der Waals surface area contributed by atoms with Crippen LogP contribution in [-0.4, -0.2) is 16.2 Å². The minimum atomic E-state index is -1.21. The Hall–Kier alpha value is -0.770. The van der Waals surface area contributed by atoms with Crippen LogP contribution in [0.4, 0.5) is 0 Å². The molecule has 0 heterocycles. The first-order valence-corrected chi connectivity index (χ1v) is 5.96. The third kappa shape index (κ3) is 3.12. The molecule has 17 heavy (non-hydrogen) atoms. The zero-order chi connectivity index (χ0) is 13.2. The highest BCUT2D eigenvalue weighted by Crippen LogP contribution is 2.36. The second-order valence-electron chi connectivity index (χ2n) is 4.19. The predicted molar refractivity (Wildman–Crippen MR) is 67.4 cm³/mol. The average molecular weight is 277 g/mol.